The molecule has 1 aliphatic carbocycles. The summed E-state index contributed by atoms with van der Waals surface area (Å²) in [5.74, 6) is 1.14. The van der Waals surface area contributed by atoms with Gasteiger partial charge in [0.15, 0.2) is 0 Å². The van der Waals surface area contributed by atoms with Crippen LogP contribution in [0.1, 0.15) is 50.3 Å². The van der Waals surface area contributed by atoms with Crippen molar-refractivity contribution in [1.29, 1.82) is 0 Å². The summed E-state index contributed by atoms with van der Waals surface area (Å²) >= 11 is 1.86. The molecule has 0 radical (unpaired) electrons. The van der Waals surface area contributed by atoms with Gasteiger partial charge in [-0.25, -0.2) is 0 Å². The van der Waals surface area contributed by atoms with E-state index in [1.165, 1.54) is 32.1 Å². The second-order valence-electron chi connectivity index (χ2n) is 5.32. The van der Waals surface area contributed by atoms with Gasteiger partial charge in [-0.05, 0) is 37.3 Å². The molecule has 2 rings (SSSR count). The number of rotatable bonds is 6. The molecule has 3 nitrogen and oxygen atoms in total. The van der Waals surface area contributed by atoms with Crippen LogP contribution >= 0.6 is 11.8 Å². The van der Waals surface area contributed by atoms with Crippen molar-refractivity contribution in [2.75, 3.05) is 12.0 Å². The van der Waals surface area contributed by atoms with Gasteiger partial charge < -0.3 is 5.73 Å². The third kappa shape index (κ3) is 4.02. The first-order chi connectivity index (χ1) is 8.79. The maximum Gasteiger partial charge on any atom is 0.0640 e. The highest BCUT2D eigenvalue weighted by Crippen LogP contribution is 2.27. The molecular weight excluding hydrogens is 242 g/mol. The Kier molecular flexibility index (Phi) is 5.57. The van der Waals surface area contributed by atoms with Crippen molar-refractivity contribution < 1.29 is 0 Å². The zero-order chi connectivity index (χ0) is 12.8. The summed E-state index contributed by atoms with van der Waals surface area (Å²) in [5, 5.41) is 4.71. The molecule has 0 amide bonds. The average Bonchev–Trinajstić information content (AvgIpc) is 2.86. The van der Waals surface area contributed by atoms with Gasteiger partial charge in [0, 0.05) is 18.7 Å². The van der Waals surface area contributed by atoms with E-state index >= 15 is 0 Å². The monoisotopic (exact) mass is 267 g/mol. The minimum Gasteiger partial charge on any atom is -0.327 e. The van der Waals surface area contributed by atoms with E-state index in [0.29, 0.717) is 6.04 Å². The summed E-state index contributed by atoms with van der Waals surface area (Å²) in [7, 11) is 0. The van der Waals surface area contributed by atoms with E-state index < -0.39 is 0 Å². The summed E-state index contributed by atoms with van der Waals surface area (Å²) in [6, 6.07) is 3.04. The first-order valence-corrected chi connectivity index (χ1v) is 8.47. The lowest BCUT2D eigenvalue weighted by Gasteiger charge is -2.21. The van der Waals surface area contributed by atoms with Crippen LogP contribution in [-0.2, 0) is 6.42 Å². The molecule has 1 fully saturated rings. The topological polar surface area (TPSA) is 43.8 Å². The van der Waals surface area contributed by atoms with Crippen molar-refractivity contribution in [3.8, 4) is 0 Å². The average molecular weight is 267 g/mol. The minimum atomic E-state index is 0.257. The number of nitrogens with zero attached hydrogens (tertiary/aromatic N) is 2. The molecule has 1 unspecified atom stereocenters. The van der Waals surface area contributed by atoms with Crippen LogP contribution in [0.4, 0.5) is 0 Å². The van der Waals surface area contributed by atoms with E-state index in [4.69, 9.17) is 10.8 Å². The van der Waals surface area contributed by atoms with Crippen LogP contribution in [0.5, 0.6) is 0 Å². The summed E-state index contributed by atoms with van der Waals surface area (Å²) in [4.78, 5) is 0. The van der Waals surface area contributed by atoms with Crippen LogP contribution in [0.3, 0.4) is 0 Å². The van der Waals surface area contributed by atoms with Gasteiger partial charge in [0.05, 0.1) is 11.7 Å². The van der Waals surface area contributed by atoms with E-state index in [2.05, 4.69) is 23.2 Å². The Labute approximate surface area is 115 Å². The van der Waals surface area contributed by atoms with Crippen LogP contribution in [0.2, 0.25) is 0 Å². The molecule has 1 aromatic heterocycles. The van der Waals surface area contributed by atoms with E-state index in [1.807, 2.05) is 11.8 Å². The number of aromatic nitrogens is 2. The quantitative estimate of drug-likeness (QED) is 0.861. The lowest BCUT2D eigenvalue weighted by molar-refractivity contribution is 0.327. The van der Waals surface area contributed by atoms with Gasteiger partial charge in [-0.15, -0.1) is 0 Å². The zero-order valence-electron chi connectivity index (χ0n) is 11.3. The summed E-state index contributed by atoms with van der Waals surface area (Å²) in [6.45, 7) is 0. The van der Waals surface area contributed by atoms with Crippen LogP contribution in [0.15, 0.2) is 12.3 Å². The van der Waals surface area contributed by atoms with Crippen LogP contribution in [0.25, 0.3) is 0 Å². The molecule has 1 heterocycles. The predicted molar refractivity (Wildman–Crippen MR) is 79.0 cm³/mol. The van der Waals surface area contributed by atoms with Gasteiger partial charge in [-0.3, -0.25) is 4.68 Å². The molecule has 1 aliphatic rings. The fourth-order valence-corrected chi connectivity index (χ4v) is 3.21. The Balaban J connectivity index is 1.85. The highest BCUT2D eigenvalue weighted by Gasteiger charge is 2.16. The fourth-order valence-electron chi connectivity index (χ4n) is 2.68. The zero-order valence-corrected chi connectivity index (χ0v) is 12.2. The van der Waals surface area contributed by atoms with E-state index in [9.17, 15) is 0 Å². The van der Waals surface area contributed by atoms with Gasteiger partial charge in [0.2, 0.25) is 0 Å². The van der Waals surface area contributed by atoms with Crippen molar-refractivity contribution in [2.24, 2.45) is 5.73 Å². The van der Waals surface area contributed by atoms with Gasteiger partial charge in [-0.2, -0.15) is 16.9 Å². The fraction of sp³-hybridized carbons (Fsp3) is 0.786. The van der Waals surface area contributed by atoms with Gasteiger partial charge in [0.1, 0.15) is 0 Å². The van der Waals surface area contributed by atoms with E-state index in [0.717, 1.165) is 24.3 Å². The smallest absolute Gasteiger partial charge is 0.0640 e. The Morgan fingerprint density at radius 2 is 2.22 bits per heavy atom. The van der Waals surface area contributed by atoms with Crippen molar-refractivity contribution >= 4 is 11.8 Å². The molecule has 0 aromatic carbocycles. The molecular formula is C14H25N3S. The first-order valence-electron chi connectivity index (χ1n) is 7.08. The molecule has 0 saturated heterocycles. The molecule has 1 saturated carbocycles. The SMILES string of the molecule is CSCCC(N)Cc1ccn(C2CCCCC2)n1. The Morgan fingerprint density at radius 3 is 2.94 bits per heavy atom. The molecule has 1 aromatic rings. The van der Waals surface area contributed by atoms with Crippen molar-refractivity contribution in [3.63, 3.8) is 0 Å². The second kappa shape index (κ2) is 7.19. The summed E-state index contributed by atoms with van der Waals surface area (Å²) in [5.41, 5.74) is 7.28. The van der Waals surface area contributed by atoms with Gasteiger partial charge >= 0.3 is 0 Å². The van der Waals surface area contributed by atoms with Crippen molar-refractivity contribution in [2.45, 2.75) is 57.0 Å². The highest BCUT2D eigenvalue weighted by molar-refractivity contribution is 7.98. The Hall–Kier alpha value is -0.480. The molecule has 1 atom stereocenters. The Bertz CT molecular complexity index is 345. The van der Waals surface area contributed by atoms with E-state index in [1.54, 1.807) is 0 Å². The Morgan fingerprint density at radius 1 is 1.44 bits per heavy atom. The lowest BCUT2D eigenvalue weighted by atomic mass is 9.96. The summed E-state index contributed by atoms with van der Waals surface area (Å²) in [6.07, 6.45) is 13.0. The first kappa shape index (κ1) is 13.9. The largest absolute Gasteiger partial charge is 0.327 e. The third-order valence-electron chi connectivity index (χ3n) is 3.78. The second-order valence-corrected chi connectivity index (χ2v) is 6.31. The molecule has 0 bridgehead atoms. The van der Waals surface area contributed by atoms with Crippen molar-refractivity contribution in [1.82, 2.24) is 9.78 Å². The molecule has 18 heavy (non-hydrogen) atoms. The molecule has 4 heteroatoms. The maximum absolute atomic E-state index is 6.12. The maximum atomic E-state index is 6.12. The van der Waals surface area contributed by atoms with E-state index in [-0.39, 0.29) is 6.04 Å². The highest BCUT2D eigenvalue weighted by atomic mass is 32.2. The van der Waals surface area contributed by atoms with Crippen LogP contribution in [-0.4, -0.2) is 27.8 Å². The van der Waals surface area contributed by atoms with Crippen LogP contribution in [0, 0.1) is 0 Å². The number of nitrogens with two attached hydrogens (primary N) is 1. The summed E-state index contributed by atoms with van der Waals surface area (Å²) < 4.78 is 2.18. The number of hydrogen-bond donors (Lipinski definition) is 1. The number of hydrogen-bond acceptors (Lipinski definition) is 3. The standard InChI is InChI=1S/C14H25N3S/c1-18-10-8-12(15)11-13-7-9-17(16-13)14-5-3-2-4-6-14/h7,9,12,14H,2-6,8,10-11,15H2,1H3. The molecule has 2 N–H and O–H groups in total. The normalized spacial score (nSPS) is 19.0. The molecule has 0 spiro atoms. The van der Waals surface area contributed by atoms with Gasteiger partial charge in [-0.1, -0.05) is 19.3 Å². The molecule has 102 valence electrons. The number of thioether (sulfide) groups is 1. The predicted octanol–water partition coefficient (Wildman–Crippen LogP) is 3.01. The minimum absolute atomic E-state index is 0.257. The van der Waals surface area contributed by atoms with Gasteiger partial charge in [0.25, 0.3) is 0 Å². The lowest BCUT2D eigenvalue weighted by Crippen LogP contribution is -2.24. The van der Waals surface area contributed by atoms with Crippen LogP contribution < -0.4 is 5.73 Å². The van der Waals surface area contributed by atoms with Crippen molar-refractivity contribution in [3.05, 3.63) is 18.0 Å². The molecule has 0 aliphatic heterocycles. The third-order valence-corrected chi connectivity index (χ3v) is 4.42.